The van der Waals surface area contributed by atoms with E-state index in [0.717, 1.165) is 18.7 Å². The number of carbonyl (C=O) groups excluding carboxylic acids is 1. The molecule has 0 saturated heterocycles. The summed E-state index contributed by atoms with van der Waals surface area (Å²) in [6.45, 7) is 1.63. The Morgan fingerprint density at radius 1 is 1.42 bits per heavy atom. The summed E-state index contributed by atoms with van der Waals surface area (Å²) < 4.78 is 0. The zero-order valence-electron chi connectivity index (χ0n) is 11.7. The summed E-state index contributed by atoms with van der Waals surface area (Å²) in [7, 11) is 4.03. The highest BCUT2D eigenvalue weighted by Crippen LogP contribution is 2.42. The van der Waals surface area contributed by atoms with Gasteiger partial charge in [-0.25, -0.2) is 0 Å². The molecule has 1 unspecified atom stereocenters. The van der Waals surface area contributed by atoms with Gasteiger partial charge < -0.3 is 16.0 Å². The first kappa shape index (κ1) is 14.0. The molecule has 1 amide bonds. The number of benzene rings is 1. The SMILES string of the molecule is CN(C)CCNC(C(N)=O)c1ccccc1C1CC1. The zero-order chi connectivity index (χ0) is 13.8. The molecule has 4 heteroatoms. The quantitative estimate of drug-likeness (QED) is 0.776. The number of nitrogens with one attached hydrogen (secondary N) is 1. The van der Waals surface area contributed by atoms with Gasteiger partial charge in [-0.05, 0) is 44.0 Å². The number of carbonyl (C=O) groups is 1. The van der Waals surface area contributed by atoms with Crippen molar-refractivity contribution in [1.29, 1.82) is 0 Å². The Kier molecular flexibility index (Phi) is 4.56. The molecule has 1 atom stereocenters. The lowest BCUT2D eigenvalue weighted by Crippen LogP contribution is -2.37. The van der Waals surface area contributed by atoms with Gasteiger partial charge in [0.2, 0.25) is 5.91 Å². The minimum absolute atomic E-state index is 0.299. The van der Waals surface area contributed by atoms with E-state index in [0.29, 0.717) is 5.92 Å². The van der Waals surface area contributed by atoms with Crippen LogP contribution in [0.15, 0.2) is 24.3 Å². The van der Waals surface area contributed by atoms with Crippen LogP contribution in [0.5, 0.6) is 0 Å². The van der Waals surface area contributed by atoms with Crippen LogP contribution in [0, 0.1) is 0 Å². The van der Waals surface area contributed by atoms with Gasteiger partial charge in [-0.3, -0.25) is 4.79 Å². The monoisotopic (exact) mass is 261 g/mol. The fraction of sp³-hybridized carbons (Fsp3) is 0.533. The van der Waals surface area contributed by atoms with E-state index in [2.05, 4.69) is 16.3 Å². The van der Waals surface area contributed by atoms with E-state index in [9.17, 15) is 4.79 Å². The lowest BCUT2D eigenvalue weighted by atomic mass is 9.96. The first-order valence-electron chi connectivity index (χ1n) is 6.86. The summed E-state index contributed by atoms with van der Waals surface area (Å²) in [5.74, 6) is 0.320. The van der Waals surface area contributed by atoms with Gasteiger partial charge in [-0.15, -0.1) is 0 Å². The molecule has 1 aliphatic rings. The lowest BCUT2D eigenvalue weighted by molar-refractivity contribution is -0.120. The van der Waals surface area contributed by atoms with Crippen molar-refractivity contribution >= 4 is 5.91 Å². The number of hydrogen-bond donors (Lipinski definition) is 2. The summed E-state index contributed by atoms with van der Waals surface area (Å²) in [5.41, 5.74) is 7.89. The molecule has 1 aliphatic carbocycles. The number of nitrogens with two attached hydrogens (primary N) is 1. The van der Waals surface area contributed by atoms with Crippen LogP contribution >= 0.6 is 0 Å². The van der Waals surface area contributed by atoms with Gasteiger partial charge >= 0.3 is 0 Å². The molecule has 1 aromatic carbocycles. The maximum Gasteiger partial charge on any atom is 0.239 e. The van der Waals surface area contributed by atoms with Crippen LogP contribution in [0.1, 0.15) is 35.9 Å². The molecule has 1 aromatic rings. The largest absolute Gasteiger partial charge is 0.368 e. The van der Waals surface area contributed by atoms with Crippen molar-refractivity contribution in [2.45, 2.75) is 24.8 Å². The number of primary amides is 1. The first-order valence-corrected chi connectivity index (χ1v) is 6.86. The Bertz CT molecular complexity index is 441. The summed E-state index contributed by atoms with van der Waals surface area (Å²) in [6.07, 6.45) is 2.44. The van der Waals surface area contributed by atoms with E-state index in [1.54, 1.807) is 0 Å². The van der Waals surface area contributed by atoms with Gasteiger partial charge in [0, 0.05) is 13.1 Å². The van der Waals surface area contributed by atoms with Crippen LogP contribution in [0.3, 0.4) is 0 Å². The maximum atomic E-state index is 11.7. The molecular weight excluding hydrogens is 238 g/mol. The number of hydrogen-bond acceptors (Lipinski definition) is 3. The Morgan fingerprint density at radius 2 is 2.11 bits per heavy atom. The van der Waals surface area contributed by atoms with Crippen molar-refractivity contribution < 1.29 is 4.79 Å². The van der Waals surface area contributed by atoms with Crippen molar-refractivity contribution in [2.24, 2.45) is 5.73 Å². The average Bonchev–Trinajstić information content (AvgIpc) is 3.18. The molecule has 0 aromatic heterocycles. The molecule has 4 nitrogen and oxygen atoms in total. The van der Waals surface area contributed by atoms with E-state index in [1.165, 1.54) is 18.4 Å². The van der Waals surface area contributed by atoms with Gasteiger partial charge in [-0.2, -0.15) is 0 Å². The second-order valence-corrected chi connectivity index (χ2v) is 5.50. The van der Waals surface area contributed by atoms with Gasteiger partial charge in [0.1, 0.15) is 6.04 Å². The zero-order valence-corrected chi connectivity index (χ0v) is 11.7. The average molecular weight is 261 g/mol. The molecule has 3 N–H and O–H groups in total. The van der Waals surface area contributed by atoms with Crippen molar-refractivity contribution in [1.82, 2.24) is 10.2 Å². The van der Waals surface area contributed by atoms with Crippen molar-refractivity contribution in [3.8, 4) is 0 Å². The highest BCUT2D eigenvalue weighted by atomic mass is 16.1. The Hall–Kier alpha value is -1.39. The maximum absolute atomic E-state index is 11.7. The second kappa shape index (κ2) is 6.17. The van der Waals surface area contributed by atoms with Crippen LogP contribution in [0.4, 0.5) is 0 Å². The second-order valence-electron chi connectivity index (χ2n) is 5.50. The van der Waals surface area contributed by atoms with Gasteiger partial charge in [-0.1, -0.05) is 24.3 Å². The van der Waals surface area contributed by atoms with Gasteiger partial charge in [0.05, 0.1) is 0 Å². The van der Waals surface area contributed by atoms with Gasteiger partial charge in [0.15, 0.2) is 0 Å². The molecular formula is C15H23N3O. The highest BCUT2D eigenvalue weighted by molar-refractivity contribution is 5.82. The van der Waals surface area contributed by atoms with E-state index in [4.69, 9.17) is 5.73 Å². The fourth-order valence-electron chi connectivity index (χ4n) is 2.34. The molecule has 0 bridgehead atoms. The van der Waals surface area contributed by atoms with Crippen LogP contribution in [0.25, 0.3) is 0 Å². The minimum Gasteiger partial charge on any atom is -0.368 e. The molecule has 1 saturated carbocycles. The van der Waals surface area contributed by atoms with Crippen LogP contribution < -0.4 is 11.1 Å². The van der Waals surface area contributed by atoms with Gasteiger partial charge in [0.25, 0.3) is 0 Å². The number of nitrogens with zero attached hydrogens (tertiary/aromatic N) is 1. The Balaban J connectivity index is 2.12. The topological polar surface area (TPSA) is 58.4 Å². The summed E-state index contributed by atoms with van der Waals surface area (Å²) >= 11 is 0. The summed E-state index contributed by atoms with van der Waals surface area (Å²) in [4.78, 5) is 13.8. The Labute approximate surface area is 115 Å². The van der Waals surface area contributed by atoms with E-state index in [-0.39, 0.29) is 11.9 Å². The number of likely N-dealkylation sites (N-methyl/N-ethyl adjacent to an activating group) is 1. The molecule has 1 fully saturated rings. The number of rotatable bonds is 7. The summed E-state index contributed by atoms with van der Waals surface area (Å²) in [5, 5.41) is 3.27. The van der Waals surface area contributed by atoms with Crippen LogP contribution in [-0.4, -0.2) is 38.0 Å². The fourth-order valence-corrected chi connectivity index (χ4v) is 2.34. The normalized spacial score (nSPS) is 16.6. The molecule has 19 heavy (non-hydrogen) atoms. The standard InChI is InChI=1S/C15H23N3O/c1-18(2)10-9-17-14(15(16)19)13-6-4-3-5-12(13)11-7-8-11/h3-6,11,14,17H,7-10H2,1-2H3,(H2,16,19). The molecule has 0 heterocycles. The van der Waals surface area contributed by atoms with Crippen molar-refractivity contribution in [2.75, 3.05) is 27.2 Å². The van der Waals surface area contributed by atoms with Crippen molar-refractivity contribution in [3.63, 3.8) is 0 Å². The smallest absolute Gasteiger partial charge is 0.239 e. The van der Waals surface area contributed by atoms with E-state index in [1.807, 2.05) is 32.3 Å². The van der Waals surface area contributed by atoms with E-state index < -0.39 is 0 Å². The first-order chi connectivity index (χ1) is 9.09. The third-order valence-electron chi connectivity index (χ3n) is 3.52. The van der Waals surface area contributed by atoms with E-state index >= 15 is 0 Å². The van der Waals surface area contributed by atoms with Crippen molar-refractivity contribution in [3.05, 3.63) is 35.4 Å². The molecule has 0 spiro atoms. The molecule has 2 rings (SSSR count). The summed E-state index contributed by atoms with van der Waals surface area (Å²) in [6, 6.07) is 7.78. The Morgan fingerprint density at radius 3 is 2.68 bits per heavy atom. The predicted molar refractivity (Wildman–Crippen MR) is 76.9 cm³/mol. The molecule has 104 valence electrons. The minimum atomic E-state index is -0.378. The number of amides is 1. The third kappa shape index (κ3) is 3.78. The van der Waals surface area contributed by atoms with Crippen LogP contribution in [-0.2, 0) is 4.79 Å². The van der Waals surface area contributed by atoms with Crippen LogP contribution in [0.2, 0.25) is 0 Å². The highest BCUT2D eigenvalue weighted by Gasteiger charge is 2.29. The third-order valence-corrected chi connectivity index (χ3v) is 3.52. The molecule has 0 radical (unpaired) electrons. The predicted octanol–water partition coefficient (Wildman–Crippen LogP) is 1.24. The molecule has 0 aliphatic heterocycles. The lowest BCUT2D eigenvalue weighted by Gasteiger charge is -2.20.